The molecule has 0 radical (unpaired) electrons. The number of benzene rings is 1. The van der Waals surface area contributed by atoms with Gasteiger partial charge in [0.15, 0.2) is 0 Å². The Bertz CT molecular complexity index is 527. The molecule has 0 aliphatic heterocycles. The van der Waals surface area contributed by atoms with Crippen LogP contribution in [0.1, 0.15) is 5.56 Å². The Labute approximate surface area is 86.6 Å². The first-order valence-electron chi connectivity index (χ1n) is 4.60. The van der Waals surface area contributed by atoms with Crippen molar-refractivity contribution in [1.82, 2.24) is 4.98 Å². The Morgan fingerprint density at radius 1 is 1.40 bits per heavy atom. The zero-order valence-corrected chi connectivity index (χ0v) is 8.08. The summed E-state index contributed by atoms with van der Waals surface area (Å²) in [5.74, 6) is -0.666. The maximum Gasteiger partial charge on any atom is 0.262 e. The van der Waals surface area contributed by atoms with Crippen LogP contribution in [0.3, 0.4) is 0 Å². The summed E-state index contributed by atoms with van der Waals surface area (Å²) in [5, 5.41) is 8.44. The van der Waals surface area contributed by atoms with Crippen molar-refractivity contribution in [2.75, 3.05) is 0 Å². The van der Waals surface area contributed by atoms with E-state index in [1.807, 2.05) is 30.5 Å². The SMILES string of the molecule is N=C(Cc1c[nH]c2ccccc12)C(N)=O. The van der Waals surface area contributed by atoms with Crippen LogP contribution in [0.2, 0.25) is 0 Å². The number of H-pyrrole nitrogens is 1. The second-order valence-electron chi connectivity index (χ2n) is 3.38. The molecule has 4 nitrogen and oxygen atoms in total. The third-order valence-electron chi connectivity index (χ3n) is 2.34. The number of carbonyl (C=O) groups excluding carboxylic acids is 1. The number of hydrogen-bond acceptors (Lipinski definition) is 2. The first kappa shape index (κ1) is 9.45. The predicted octanol–water partition coefficient (Wildman–Crippen LogP) is 1.22. The van der Waals surface area contributed by atoms with Gasteiger partial charge in [-0.3, -0.25) is 10.2 Å². The molecule has 15 heavy (non-hydrogen) atoms. The van der Waals surface area contributed by atoms with E-state index in [9.17, 15) is 4.79 Å². The largest absolute Gasteiger partial charge is 0.365 e. The summed E-state index contributed by atoms with van der Waals surface area (Å²) in [5.41, 5.74) is 6.88. The van der Waals surface area contributed by atoms with E-state index in [1.165, 1.54) is 0 Å². The smallest absolute Gasteiger partial charge is 0.262 e. The summed E-state index contributed by atoms with van der Waals surface area (Å²) in [6.45, 7) is 0. The van der Waals surface area contributed by atoms with Gasteiger partial charge in [0.2, 0.25) is 0 Å². The Morgan fingerprint density at radius 2 is 2.13 bits per heavy atom. The monoisotopic (exact) mass is 201 g/mol. The fourth-order valence-corrected chi connectivity index (χ4v) is 1.56. The van der Waals surface area contributed by atoms with E-state index in [2.05, 4.69) is 4.98 Å². The molecule has 1 heterocycles. The molecule has 0 fully saturated rings. The fourth-order valence-electron chi connectivity index (χ4n) is 1.56. The van der Waals surface area contributed by atoms with Crippen molar-refractivity contribution in [2.45, 2.75) is 6.42 Å². The quantitative estimate of drug-likeness (QED) is 0.641. The van der Waals surface area contributed by atoms with Gasteiger partial charge in [-0.25, -0.2) is 0 Å². The van der Waals surface area contributed by atoms with Crippen molar-refractivity contribution in [3.05, 3.63) is 36.0 Å². The van der Waals surface area contributed by atoms with Crippen molar-refractivity contribution in [1.29, 1.82) is 5.41 Å². The molecule has 0 saturated carbocycles. The standard InChI is InChI=1S/C11H11N3O/c12-9(11(13)15)5-7-6-14-10-4-2-1-3-8(7)10/h1-4,6,12,14H,5H2,(H2,13,15). The Kier molecular flexibility index (Phi) is 2.25. The number of fused-ring (bicyclic) bond motifs is 1. The first-order valence-corrected chi connectivity index (χ1v) is 4.60. The highest BCUT2D eigenvalue weighted by Gasteiger charge is 2.09. The topological polar surface area (TPSA) is 82.7 Å². The van der Waals surface area contributed by atoms with Crippen LogP contribution in [-0.4, -0.2) is 16.6 Å². The Morgan fingerprint density at radius 3 is 2.87 bits per heavy atom. The lowest BCUT2D eigenvalue weighted by atomic mass is 10.1. The molecule has 0 aliphatic rings. The maximum atomic E-state index is 10.7. The van der Waals surface area contributed by atoms with Crippen LogP contribution in [0.15, 0.2) is 30.5 Å². The highest BCUT2D eigenvalue weighted by Crippen LogP contribution is 2.18. The average molecular weight is 201 g/mol. The van der Waals surface area contributed by atoms with Crippen molar-refractivity contribution in [2.24, 2.45) is 5.73 Å². The number of nitrogens with two attached hydrogens (primary N) is 1. The van der Waals surface area contributed by atoms with Crippen molar-refractivity contribution in [3.63, 3.8) is 0 Å². The molecule has 1 aromatic carbocycles. The van der Waals surface area contributed by atoms with Gasteiger partial charge in [-0.05, 0) is 11.6 Å². The number of primary amides is 1. The molecule has 2 aromatic rings. The highest BCUT2D eigenvalue weighted by atomic mass is 16.1. The molecule has 4 heteroatoms. The summed E-state index contributed by atoms with van der Waals surface area (Å²) < 4.78 is 0. The van der Waals surface area contributed by atoms with Crippen molar-refractivity contribution in [3.8, 4) is 0 Å². The third kappa shape index (κ3) is 1.74. The van der Waals surface area contributed by atoms with Gasteiger partial charge in [0.1, 0.15) is 5.71 Å². The summed E-state index contributed by atoms with van der Waals surface area (Å²) in [6.07, 6.45) is 2.08. The van der Waals surface area contributed by atoms with Gasteiger partial charge >= 0.3 is 0 Å². The summed E-state index contributed by atoms with van der Waals surface area (Å²) in [6, 6.07) is 7.76. The van der Waals surface area contributed by atoms with E-state index in [-0.39, 0.29) is 12.1 Å². The lowest BCUT2D eigenvalue weighted by Gasteiger charge is -1.97. The van der Waals surface area contributed by atoms with Crippen LogP contribution in [0.4, 0.5) is 0 Å². The lowest BCUT2D eigenvalue weighted by molar-refractivity contribution is -0.112. The molecule has 0 unspecified atom stereocenters. The van der Waals surface area contributed by atoms with Crippen LogP contribution < -0.4 is 5.73 Å². The van der Waals surface area contributed by atoms with Gasteiger partial charge in [0, 0.05) is 23.5 Å². The number of amides is 1. The number of carbonyl (C=O) groups is 1. The van der Waals surface area contributed by atoms with Crippen LogP contribution in [0.25, 0.3) is 10.9 Å². The van der Waals surface area contributed by atoms with Crippen molar-refractivity contribution < 1.29 is 4.79 Å². The average Bonchev–Trinajstić information content (AvgIpc) is 2.62. The second kappa shape index (κ2) is 3.57. The van der Waals surface area contributed by atoms with Gasteiger partial charge < -0.3 is 10.7 Å². The second-order valence-corrected chi connectivity index (χ2v) is 3.38. The van der Waals surface area contributed by atoms with E-state index in [1.54, 1.807) is 0 Å². The zero-order chi connectivity index (χ0) is 10.8. The van der Waals surface area contributed by atoms with E-state index in [4.69, 9.17) is 11.1 Å². The van der Waals surface area contributed by atoms with Gasteiger partial charge in [-0.1, -0.05) is 18.2 Å². The van der Waals surface area contributed by atoms with Crippen molar-refractivity contribution >= 4 is 22.5 Å². The number of aromatic amines is 1. The first-order chi connectivity index (χ1) is 7.18. The van der Waals surface area contributed by atoms with Gasteiger partial charge in [-0.2, -0.15) is 0 Å². The molecule has 1 amide bonds. The summed E-state index contributed by atoms with van der Waals surface area (Å²) in [4.78, 5) is 13.8. The fraction of sp³-hybridized carbons (Fsp3) is 0.0909. The Hall–Kier alpha value is -2.10. The lowest BCUT2D eigenvalue weighted by Crippen LogP contribution is -2.23. The molecule has 0 bridgehead atoms. The third-order valence-corrected chi connectivity index (χ3v) is 2.34. The molecule has 4 N–H and O–H groups in total. The van der Waals surface area contributed by atoms with Crippen LogP contribution in [0.5, 0.6) is 0 Å². The van der Waals surface area contributed by atoms with Crippen LogP contribution in [-0.2, 0) is 11.2 Å². The maximum absolute atomic E-state index is 10.7. The molecule has 0 atom stereocenters. The number of para-hydroxylation sites is 1. The molecule has 0 aliphatic carbocycles. The van der Waals surface area contributed by atoms with E-state index in [0.29, 0.717) is 0 Å². The predicted molar refractivity (Wildman–Crippen MR) is 58.9 cm³/mol. The number of nitrogens with one attached hydrogen (secondary N) is 2. The van der Waals surface area contributed by atoms with Gasteiger partial charge in [0.25, 0.3) is 5.91 Å². The number of rotatable bonds is 3. The minimum Gasteiger partial charge on any atom is -0.365 e. The summed E-state index contributed by atoms with van der Waals surface area (Å²) >= 11 is 0. The van der Waals surface area contributed by atoms with Crippen LogP contribution >= 0.6 is 0 Å². The van der Waals surface area contributed by atoms with E-state index >= 15 is 0 Å². The molecule has 76 valence electrons. The van der Waals surface area contributed by atoms with Gasteiger partial charge in [-0.15, -0.1) is 0 Å². The molecule has 0 spiro atoms. The summed E-state index contributed by atoms with van der Waals surface area (Å²) in [7, 11) is 0. The molecule has 2 rings (SSSR count). The molecular weight excluding hydrogens is 190 g/mol. The van der Waals surface area contributed by atoms with E-state index in [0.717, 1.165) is 16.5 Å². The zero-order valence-electron chi connectivity index (χ0n) is 8.08. The number of aromatic nitrogens is 1. The van der Waals surface area contributed by atoms with Crippen LogP contribution in [0, 0.1) is 5.41 Å². The molecule has 0 saturated heterocycles. The Balaban J connectivity index is 2.37. The molecular formula is C11H11N3O. The minimum absolute atomic E-state index is 0.0697. The van der Waals surface area contributed by atoms with E-state index < -0.39 is 5.91 Å². The normalized spacial score (nSPS) is 10.4. The minimum atomic E-state index is -0.666. The highest BCUT2D eigenvalue weighted by molar-refractivity contribution is 6.37. The number of hydrogen-bond donors (Lipinski definition) is 3. The molecule has 1 aromatic heterocycles. The van der Waals surface area contributed by atoms with Gasteiger partial charge in [0.05, 0.1) is 0 Å².